The molecule has 112 valence electrons. The van der Waals surface area contributed by atoms with Gasteiger partial charge in [-0.3, -0.25) is 0 Å². The molecule has 1 heterocycles. The van der Waals surface area contributed by atoms with E-state index in [1.54, 1.807) is 0 Å². The Kier molecular flexibility index (Phi) is 4.74. The smallest absolute Gasteiger partial charge is 0.369 e. The Hall–Kier alpha value is -2.15. The first-order chi connectivity index (χ1) is 9.97. The van der Waals surface area contributed by atoms with Crippen LogP contribution in [0.15, 0.2) is 42.5 Å². The Bertz CT molecular complexity index is 555. The highest BCUT2D eigenvalue weighted by Crippen LogP contribution is 2.27. The lowest BCUT2D eigenvalue weighted by Crippen LogP contribution is -2.16. The molecule has 0 aliphatic carbocycles. The van der Waals surface area contributed by atoms with Gasteiger partial charge in [-0.2, -0.15) is 13.2 Å². The molecule has 0 aliphatic rings. The van der Waals surface area contributed by atoms with E-state index in [0.29, 0.717) is 18.8 Å². The standard InChI is InChI=1S/C14H15F3N4/c15-14(16,17)12-6-7-13(21-20-12)19-9-8-11(18)10-4-2-1-3-5-10/h1-7,11H,8-9,18H2,(H,19,21). The topological polar surface area (TPSA) is 63.8 Å². The predicted molar refractivity (Wildman–Crippen MR) is 73.5 cm³/mol. The van der Waals surface area contributed by atoms with Crippen molar-refractivity contribution in [3.63, 3.8) is 0 Å². The zero-order chi connectivity index (χ0) is 15.3. The van der Waals surface area contributed by atoms with Crippen LogP contribution in [-0.4, -0.2) is 16.7 Å². The van der Waals surface area contributed by atoms with E-state index in [-0.39, 0.29) is 6.04 Å². The van der Waals surface area contributed by atoms with Crippen molar-refractivity contribution < 1.29 is 13.2 Å². The quantitative estimate of drug-likeness (QED) is 0.890. The third-order valence-electron chi connectivity index (χ3n) is 2.94. The fourth-order valence-electron chi connectivity index (χ4n) is 1.80. The van der Waals surface area contributed by atoms with Gasteiger partial charge in [-0.1, -0.05) is 30.3 Å². The molecule has 7 heteroatoms. The average molecular weight is 296 g/mol. The van der Waals surface area contributed by atoms with Crippen molar-refractivity contribution in [1.29, 1.82) is 0 Å². The summed E-state index contributed by atoms with van der Waals surface area (Å²) in [5.41, 5.74) is 6.02. The second-order valence-electron chi connectivity index (χ2n) is 4.53. The van der Waals surface area contributed by atoms with E-state index in [9.17, 15) is 13.2 Å². The summed E-state index contributed by atoms with van der Waals surface area (Å²) < 4.78 is 37.0. The number of halogens is 3. The molecule has 0 saturated heterocycles. The van der Waals surface area contributed by atoms with Crippen LogP contribution in [0.3, 0.4) is 0 Å². The molecule has 0 aliphatic heterocycles. The monoisotopic (exact) mass is 296 g/mol. The van der Waals surface area contributed by atoms with Gasteiger partial charge in [0.05, 0.1) is 0 Å². The van der Waals surface area contributed by atoms with Crippen molar-refractivity contribution in [1.82, 2.24) is 10.2 Å². The first-order valence-electron chi connectivity index (χ1n) is 6.42. The molecule has 0 radical (unpaired) electrons. The molecule has 1 unspecified atom stereocenters. The summed E-state index contributed by atoms with van der Waals surface area (Å²) in [5, 5.41) is 9.53. The highest BCUT2D eigenvalue weighted by Gasteiger charge is 2.32. The molecule has 2 aromatic rings. The van der Waals surface area contributed by atoms with Gasteiger partial charge in [-0.05, 0) is 24.1 Å². The zero-order valence-electron chi connectivity index (χ0n) is 11.1. The molecule has 2 rings (SSSR count). The van der Waals surface area contributed by atoms with Crippen LogP contribution in [0.1, 0.15) is 23.7 Å². The van der Waals surface area contributed by atoms with Crippen LogP contribution < -0.4 is 11.1 Å². The summed E-state index contributed by atoms with van der Waals surface area (Å²) in [4.78, 5) is 0. The van der Waals surface area contributed by atoms with E-state index in [0.717, 1.165) is 11.6 Å². The number of nitrogens with zero attached hydrogens (tertiary/aromatic N) is 2. The summed E-state index contributed by atoms with van der Waals surface area (Å²) in [6.45, 7) is 0.496. The van der Waals surface area contributed by atoms with Gasteiger partial charge in [0.2, 0.25) is 0 Å². The maximum atomic E-state index is 12.3. The Morgan fingerprint density at radius 2 is 1.76 bits per heavy atom. The van der Waals surface area contributed by atoms with Gasteiger partial charge in [-0.15, -0.1) is 10.2 Å². The van der Waals surface area contributed by atoms with E-state index in [4.69, 9.17) is 5.73 Å². The third kappa shape index (κ3) is 4.42. The fraction of sp³-hybridized carbons (Fsp3) is 0.286. The Labute approximate surface area is 120 Å². The van der Waals surface area contributed by atoms with Gasteiger partial charge < -0.3 is 11.1 Å². The first-order valence-corrected chi connectivity index (χ1v) is 6.42. The molecule has 21 heavy (non-hydrogen) atoms. The zero-order valence-corrected chi connectivity index (χ0v) is 11.1. The third-order valence-corrected chi connectivity index (χ3v) is 2.94. The first kappa shape index (κ1) is 15.2. The Morgan fingerprint density at radius 3 is 2.33 bits per heavy atom. The number of nitrogens with one attached hydrogen (secondary N) is 1. The Balaban J connectivity index is 1.84. The van der Waals surface area contributed by atoms with Crippen molar-refractivity contribution in [2.45, 2.75) is 18.6 Å². The number of rotatable bonds is 5. The minimum Gasteiger partial charge on any atom is -0.369 e. The van der Waals surface area contributed by atoms with Crippen molar-refractivity contribution in [3.05, 3.63) is 53.7 Å². The normalized spacial score (nSPS) is 13.0. The molecule has 1 aromatic heterocycles. The van der Waals surface area contributed by atoms with E-state index in [1.165, 1.54) is 6.07 Å². The van der Waals surface area contributed by atoms with E-state index in [1.807, 2.05) is 30.3 Å². The molecule has 4 nitrogen and oxygen atoms in total. The molecule has 0 fully saturated rings. The lowest BCUT2D eigenvalue weighted by molar-refractivity contribution is -0.141. The van der Waals surface area contributed by atoms with Crippen LogP contribution in [0.2, 0.25) is 0 Å². The summed E-state index contributed by atoms with van der Waals surface area (Å²) in [6, 6.07) is 11.6. The largest absolute Gasteiger partial charge is 0.435 e. The van der Waals surface area contributed by atoms with Crippen LogP contribution in [0.4, 0.5) is 19.0 Å². The lowest BCUT2D eigenvalue weighted by Gasteiger charge is -2.12. The van der Waals surface area contributed by atoms with Gasteiger partial charge >= 0.3 is 6.18 Å². The number of anilines is 1. The van der Waals surface area contributed by atoms with Crippen LogP contribution in [0.25, 0.3) is 0 Å². The molecule has 1 aromatic carbocycles. The van der Waals surface area contributed by atoms with E-state index < -0.39 is 11.9 Å². The van der Waals surface area contributed by atoms with Gasteiger partial charge in [0, 0.05) is 12.6 Å². The van der Waals surface area contributed by atoms with Crippen molar-refractivity contribution in [2.75, 3.05) is 11.9 Å². The Morgan fingerprint density at radius 1 is 1.05 bits per heavy atom. The van der Waals surface area contributed by atoms with Gasteiger partial charge in [0.15, 0.2) is 5.69 Å². The highest BCUT2D eigenvalue weighted by atomic mass is 19.4. The summed E-state index contributed by atoms with van der Waals surface area (Å²) in [5.74, 6) is 0.295. The summed E-state index contributed by atoms with van der Waals surface area (Å²) >= 11 is 0. The van der Waals surface area contributed by atoms with Gasteiger partial charge in [0.1, 0.15) is 5.82 Å². The highest BCUT2D eigenvalue weighted by molar-refractivity contribution is 5.33. The van der Waals surface area contributed by atoms with Crippen LogP contribution in [0, 0.1) is 0 Å². The van der Waals surface area contributed by atoms with Crippen LogP contribution in [0.5, 0.6) is 0 Å². The second-order valence-corrected chi connectivity index (χ2v) is 4.53. The maximum Gasteiger partial charge on any atom is 0.435 e. The number of nitrogens with two attached hydrogens (primary N) is 1. The lowest BCUT2D eigenvalue weighted by atomic mass is 10.1. The van der Waals surface area contributed by atoms with Gasteiger partial charge in [0.25, 0.3) is 0 Å². The summed E-state index contributed by atoms with van der Waals surface area (Å²) in [6.07, 6.45) is -3.84. The number of benzene rings is 1. The van der Waals surface area contributed by atoms with Crippen molar-refractivity contribution >= 4 is 5.82 Å². The predicted octanol–water partition coefficient (Wildman–Crippen LogP) is 3.00. The van der Waals surface area contributed by atoms with Gasteiger partial charge in [-0.25, -0.2) is 0 Å². The minimum atomic E-state index is -4.47. The SMILES string of the molecule is NC(CCNc1ccc(C(F)(F)F)nn1)c1ccccc1. The molecular weight excluding hydrogens is 281 g/mol. The number of hydrogen-bond donors (Lipinski definition) is 2. The molecule has 0 saturated carbocycles. The van der Waals surface area contributed by atoms with E-state index in [2.05, 4.69) is 15.5 Å². The molecule has 0 bridgehead atoms. The molecule has 1 atom stereocenters. The van der Waals surface area contributed by atoms with Crippen molar-refractivity contribution in [2.24, 2.45) is 5.73 Å². The van der Waals surface area contributed by atoms with Crippen molar-refractivity contribution in [3.8, 4) is 0 Å². The van der Waals surface area contributed by atoms with Crippen LogP contribution in [-0.2, 0) is 6.18 Å². The number of aromatic nitrogens is 2. The molecular formula is C14H15F3N4. The van der Waals surface area contributed by atoms with E-state index >= 15 is 0 Å². The second kappa shape index (κ2) is 6.53. The molecule has 3 N–H and O–H groups in total. The fourth-order valence-corrected chi connectivity index (χ4v) is 1.80. The molecule has 0 spiro atoms. The summed E-state index contributed by atoms with van der Waals surface area (Å²) in [7, 11) is 0. The number of hydrogen-bond acceptors (Lipinski definition) is 4. The molecule has 0 amide bonds. The average Bonchev–Trinajstić information content (AvgIpc) is 2.47. The number of alkyl halides is 3. The van der Waals surface area contributed by atoms with Crippen LogP contribution >= 0.6 is 0 Å². The maximum absolute atomic E-state index is 12.3. The minimum absolute atomic E-state index is 0.138.